The van der Waals surface area contributed by atoms with E-state index in [4.69, 9.17) is 0 Å². The van der Waals surface area contributed by atoms with Crippen LogP contribution in [-0.4, -0.2) is 50.3 Å². The summed E-state index contributed by atoms with van der Waals surface area (Å²) in [6.45, 7) is 4.38. The van der Waals surface area contributed by atoms with Gasteiger partial charge in [0.15, 0.2) is 0 Å². The molecule has 0 spiro atoms. The fourth-order valence-electron chi connectivity index (χ4n) is 2.01. The molecule has 0 N–H and O–H groups in total. The summed E-state index contributed by atoms with van der Waals surface area (Å²) >= 11 is 0. The fourth-order valence-corrected chi connectivity index (χ4v) is 2.01. The third-order valence-electron chi connectivity index (χ3n) is 2.85. The van der Waals surface area contributed by atoms with Crippen molar-refractivity contribution in [3.8, 4) is 0 Å². The van der Waals surface area contributed by atoms with E-state index < -0.39 is 0 Å². The molecule has 2 rings (SSSR count). The average molecular weight is 272 g/mol. The van der Waals surface area contributed by atoms with Crippen molar-refractivity contribution >= 4 is 0 Å². The highest BCUT2D eigenvalue weighted by molar-refractivity contribution is 4.59. The molecule has 0 aromatic rings. The van der Waals surface area contributed by atoms with Gasteiger partial charge in [0.25, 0.3) is 0 Å². The van der Waals surface area contributed by atoms with Crippen molar-refractivity contribution in [2.75, 3.05) is 40.3 Å². The molecular weight excluding hydrogens is 240 g/mol. The number of rotatable bonds is 2. The number of hydrogen-bond acceptors (Lipinski definition) is 4. The van der Waals surface area contributed by atoms with E-state index >= 15 is 0 Å². The largest absolute Gasteiger partial charge is 0.279 e. The Labute approximate surface area is 118 Å². The number of hydrogen-bond donors (Lipinski definition) is 0. The van der Waals surface area contributed by atoms with E-state index in [1.54, 1.807) is 14.1 Å². The Bertz CT molecular complexity index is 229. The van der Waals surface area contributed by atoms with Crippen molar-refractivity contribution in [3.63, 3.8) is 0 Å². The Kier molecular flexibility index (Phi) is 14.0. The molecule has 0 saturated carbocycles. The van der Waals surface area contributed by atoms with Crippen LogP contribution in [0.2, 0.25) is 0 Å². The highest BCUT2D eigenvalue weighted by Crippen LogP contribution is 2.08. The summed E-state index contributed by atoms with van der Waals surface area (Å²) in [6, 6.07) is 0. The fraction of sp³-hybridized carbons (Fsp3) is 1.00. The van der Waals surface area contributed by atoms with E-state index in [2.05, 4.69) is 20.7 Å². The Morgan fingerprint density at radius 1 is 0.579 bits per heavy atom. The van der Waals surface area contributed by atoms with E-state index in [0.29, 0.717) is 0 Å². The highest BCUT2D eigenvalue weighted by atomic mass is 15.5. The van der Waals surface area contributed by atoms with Crippen LogP contribution in [-0.2, 0) is 0 Å². The minimum Gasteiger partial charge on any atom is -0.279 e. The summed E-state index contributed by atoms with van der Waals surface area (Å²) in [6.07, 6.45) is 6.46. The summed E-state index contributed by atoms with van der Waals surface area (Å²) in [7, 11) is 3.42. The van der Waals surface area contributed by atoms with E-state index in [9.17, 15) is 0 Å². The monoisotopic (exact) mass is 272 g/mol. The topological polar surface area (TPSA) is 55.9 Å². The van der Waals surface area contributed by atoms with Gasteiger partial charge in [0.05, 0.1) is 14.1 Å². The molecule has 114 valence electrons. The summed E-state index contributed by atoms with van der Waals surface area (Å²) in [5, 5.41) is 19.2. The SMILES string of the molecule is C.C.CN=NN1CCCC1.CN=NN1CCCCC1. The highest BCUT2D eigenvalue weighted by Gasteiger charge is 2.07. The molecule has 0 bridgehead atoms. The number of piperidine rings is 1. The first-order valence-electron chi connectivity index (χ1n) is 6.46. The van der Waals surface area contributed by atoms with E-state index in [1.165, 1.54) is 32.1 Å². The predicted octanol–water partition coefficient (Wildman–Crippen LogP) is 3.82. The van der Waals surface area contributed by atoms with Gasteiger partial charge in [-0.25, -0.2) is 0 Å². The quantitative estimate of drug-likeness (QED) is 0.717. The van der Waals surface area contributed by atoms with Crippen LogP contribution < -0.4 is 0 Å². The lowest BCUT2D eigenvalue weighted by atomic mass is 10.2. The van der Waals surface area contributed by atoms with Crippen molar-refractivity contribution in [1.82, 2.24) is 10.0 Å². The van der Waals surface area contributed by atoms with Gasteiger partial charge in [0, 0.05) is 26.2 Å². The zero-order chi connectivity index (χ0) is 12.3. The van der Waals surface area contributed by atoms with Gasteiger partial charge < -0.3 is 0 Å². The second-order valence-electron chi connectivity index (χ2n) is 4.25. The van der Waals surface area contributed by atoms with Gasteiger partial charge in [-0.1, -0.05) is 25.3 Å². The molecule has 0 aromatic heterocycles. The summed E-state index contributed by atoms with van der Waals surface area (Å²) in [5.74, 6) is 0. The molecular formula is C13H32N6. The molecule has 2 fully saturated rings. The van der Waals surface area contributed by atoms with E-state index in [0.717, 1.165) is 26.2 Å². The van der Waals surface area contributed by atoms with Crippen LogP contribution in [0.15, 0.2) is 20.7 Å². The lowest BCUT2D eigenvalue weighted by molar-refractivity contribution is 0.223. The smallest absolute Gasteiger partial charge is 0.0509 e. The second-order valence-corrected chi connectivity index (χ2v) is 4.25. The Morgan fingerprint density at radius 2 is 0.895 bits per heavy atom. The molecule has 0 amide bonds. The molecule has 2 heterocycles. The molecule has 2 saturated heterocycles. The first-order valence-corrected chi connectivity index (χ1v) is 6.46. The first-order chi connectivity index (χ1) is 8.36. The van der Waals surface area contributed by atoms with Crippen molar-refractivity contribution in [2.24, 2.45) is 20.7 Å². The zero-order valence-corrected chi connectivity index (χ0v) is 11.0. The van der Waals surface area contributed by atoms with Crippen LogP contribution in [0.25, 0.3) is 0 Å². The summed E-state index contributed by atoms with van der Waals surface area (Å²) in [4.78, 5) is 0. The predicted molar refractivity (Wildman–Crippen MR) is 81.3 cm³/mol. The maximum Gasteiger partial charge on any atom is 0.0509 e. The molecule has 2 aliphatic rings. The van der Waals surface area contributed by atoms with Crippen molar-refractivity contribution in [2.45, 2.75) is 47.0 Å². The summed E-state index contributed by atoms with van der Waals surface area (Å²) in [5.41, 5.74) is 0. The van der Waals surface area contributed by atoms with Gasteiger partial charge in [0.1, 0.15) is 0 Å². The van der Waals surface area contributed by atoms with Gasteiger partial charge in [-0.05, 0) is 32.1 Å². The van der Waals surface area contributed by atoms with Crippen molar-refractivity contribution in [3.05, 3.63) is 0 Å². The van der Waals surface area contributed by atoms with E-state index in [1.807, 2.05) is 10.0 Å². The van der Waals surface area contributed by atoms with Crippen molar-refractivity contribution < 1.29 is 0 Å². The molecule has 19 heavy (non-hydrogen) atoms. The minimum atomic E-state index is 0. The van der Waals surface area contributed by atoms with Crippen LogP contribution in [0.3, 0.4) is 0 Å². The van der Waals surface area contributed by atoms with Gasteiger partial charge >= 0.3 is 0 Å². The second kappa shape index (κ2) is 13.2. The minimum absolute atomic E-state index is 0. The van der Waals surface area contributed by atoms with Crippen LogP contribution >= 0.6 is 0 Å². The summed E-state index contributed by atoms with van der Waals surface area (Å²) < 4.78 is 0. The van der Waals surface area contributed by atoms with Crippen LogP contribution in [0, 0.1) is 0 Å². The molecule has 0 atom stereocenters. The van der Waals surface area contributed by atoms with Crippen LogP contribution in [0.1, 0.15) is 47.0 Å². The maximum atomic E-state index is 3.94. The van der Waals surface area contributed by atoms with Gasteiger partial charge in [-0.2, -0.15) is 10.2 Å². The lowest BCUT2D eigenvalue weighted by Gasteiger charge is -2.21. The molecule has 0 aromatic carbocycles. The molecule has 6 nitrogen and oxygen atoms in total. The van der Waals surface area contributed by atoms with Crippen LogP contribution in [0.4, 0.5) is 0 Å². The molecule has 0 aliphatic carbocycles. The Balaban J connectivity index is 0. The number of nitrogens with zero attached hydrogens (tertiary/aromatic N) is 6. The maximum absolute atomic E-state index is 3.94. The Hall–Kier alpha value is -1.20. The van der Waals surface area contributed by atoms with E-state index in [-0.39, 0.29) is 14.9 Å². The first kappa shape index (κ1) is 20.1. The molecule has 6 heteroatoms. The zero-order valence-electron chi connectivity index (χ0n) is 11.0. The average Bonchev–Trinajstić information content (AvgIpc) is 2.85. The van der Waals surface area contributed by atoms with Gasteiger partial charge in [0.2, 0.25) is 0 Å². The Morgan fingerprint density at radius 3 is 1.21 bits per heavy atom. The van der Waals surface area contributed by atoms with Gasteiger partial charge in [-0.3, -0.25) is 10.0 Å². The van der Waals surface area contributed by atoms with Gasteiger partial charge in [-0.15, -0.1) is 0 Å². The molecule has 0 radical (unpaired) electrons. The lowest BCUT2D eigenvalue weighted by Crippen LogP contribution is -2.23. The molecule has 0 unspecified atom stereocenters. The van der Waals surface area contributed by atoms with Crippen LogP contribution in [0.5, 0.6) is 0 Å². The standard InChI is InChI=1S/C6H13N3.C5H11N3.2CH4/c1-7-8-9-5-3-2-4-6-9;1-6-7-8-4-2-3-5-8;;/h2-6H2,1H3;2-5H2,1H3;2*1H4. The normalized spacial score (nSPS) is 18.8. The molecule has 2 aliphatic heterocycles. The third kappa shape index (κ3) is 9.39. The van der Waals surface area contributed by atoms with Crippen molar-refractivity contribution in [1.29, 1.82) is 0 Å². The third-order valence-corrected chi connectivity index (χ3v) is 2.85.